The average molecular weight is 349 g/mol. The Bertz CT molecular complexity index is 865. The number of nitrogens with one attached hydrogen (secondary N) is 1. The zero-order valence-electron chi connectivity index (χ0n) is 13.8. The van der Waals surface area contributed by atoms with Gasteiger partial charge in [0, 0.05) is 33.4 Å². The first-order valence-corrected chi connectivity index (χ1v) is 9.20. The Morgan fingerprint density at radius 2 is 1.60 bits per heavy atom. The molecular weight excluding hydrogens is 330 g/mol. The number of hydrogen-bond acceptors (Lipinski definition) is 6. The number of aromatic nitrogens is 3. The second-order valence-electron chi connectivity index (χ2n) is 6.00. The molecule has 0 spiro atoms. The summed E-state index contributed by atoms with van der Waals surface area (Å²) in [5.74, 6) is 1.18. The van der Waals surface area contributed by atoms with Crippen LogP contribution in [-0.2, 0) is 12.8 Å². The maximum Gasteiger partial charge on any atom is 0.222 e. The molecule has 1 aliphatic rings. The van der Waals surface area contributed by atoms with E-state index in [1.807, 2.05) is 12.1 Å². The second kappa shape index (κ2) is 7.11. The van der Waals surface area contributed by atoms with Crippen molar-refractivity contribution in [2.45, 2.75) is 35.5 Å². The van der Waals surface area contributed by atoms with Crippen LogP contribution in [0.4, 0.5) is 17.5 Å². The van der Waals surface area contributed by atoms with E-state index in [4.69, 9.17) is 5.73 Å². The maximum absolute atomic E-state index is 5.88. The molecule has 2 heterocycles. The van der Waals surface area contributed by atoms with Crippen molar-refractivity contribution in [1.82, 2.24) is 15.0 Å². The molecule has 3 N–H and O–H groups in total. The van der Waals surface area contributed by atoms with E-state index in [9.17, 15) is 0 Å². The fourth-order valence-electron chi connectivity index (χ4n) is 3.00. The number of aryl methyl sites for hydroxylation is 1. The Morgan fingerprint density at radius 1 is 0.880 bits per heavy atom. The van der Waals surface area contributed by atoms with Crippen molar-refractivity contribution in [3.8, 4) is 0 Å². The van der Waals surface area contributed by atoms with Crippen LogP contribution < -0.4 is 11.1 Å². The molecule has 3 aromatic rings. The molecule has 0 unspecified atom stereocenters. The summed E-state index contributed by atoms with van der Waals surface area (Å²) in [6.45, 7) is 0. The van der Waals surface area contributed by atoms with Crippen LogP contribution in [0, 0.1) is 0 Å². The molecule has 25 heavy (non-hydrogen) atoms. The van der Waals surface area contributed by atoms with Crippen molar-refractivity contribution in [1.29, 1.82) is 0 Å². The first-order chi connectivity index (χ1) is 12.3. The van der Waals surface area contributed by atoms with Crippen LogP contribution in [0.3, 0.4) is 0 Å². The van der Waals surface area contributed by atoms with Gasteiger partial charge in [0.15, 0.2) is 0 Å². The lowest BCUT2D eigenvalue weighted by Gasteiger charge is -2.19. The smallest absolute Gasteiger partial charge is 0.222 e. The van der Waals surface area contributed by atoms with E-state index in [-0.39, 0.29) is 0 Å². The first-order valence-electron chi connectivity index (χ1n) is 8.38. The third kappa shape index (κ3) is 3.74. The van der Waals surface area contributed by atoms with Crippen LogP contribution in [0.1, 0.15) is 24.1 Å². The lowest BCUT2D eigenvalue weighted by atomic mass is 9.96. The summed E-state index contributed by atoms with van der Waals surface area (Å²) < 4.78 is 0. The van der Waals surface area contributed by atoms with Gasteiger partial charge in [-0.1, -0.05) is 11.8 Å². The van der Waals surface area contributed by atoms with Crippen LogP contribution in [0.15, 0.2) is 58.6 Å². The molecule has 126 valence electrons. The monoisotopic (exact) mass is 349 g/mol. The summed E-state index contributed by atoms with van der Waals surface area (Å²) in [5, 5.41) is 3.41. The Morgan fingerprint density at radius 3 is 2.40 bits per heavy atom. The van der Waals surface area contributed by atoms with E-state index in [2.05, 4.69) is 44.5 Å². The van der Waals surface area contributed by atoms with Gasteiger partial charge in [0.25, 0.3) is 0 Å². The van der Waals surface area contributed by atoms with Gasteiger partial charge in [-0.2, -0.15) is 4.98 Å². The third-order valence-electron chi connectivity index (χ3n) is 4.20. The van der Waals surface area contributed by atoms with Crippen molar-refractivity contribution in [2.24, 2.45) is 0 Å². The zero-order chi connectivity index (χ0) is 17.1. The van der Waals surface area contributed by atoms with Crippen LogP contribution in [-0.4, -0.2) is 15.0 Å². The van der Waals surface area contributed by atoms with E-state index in [0.717, 1.165) is 30.0 Å². The number of fused-ring (bicyclic) bond motifs is 1. The number of hydrogen-bond donors (Lipinski definition) is 2. The van der Waals surface area contributed by atoms with Gasteiger partial charge in [0.05, 0.1) is 5.69 Å². The van der Waals surface area contributed by atoms with Gasteiger partial charge in [-0.25, -0.2) is 4.98 Å². The summed E-state index contributed by atoms with van der Waals surface area (Å²) in [6, 6.07) is 12.3. The lowest BCUT2D eigenvalue weighted by molar-refractivity contribution is 0.666. The van der Waals surface area contributed by atoms with Crippen molar-refractivity contribution >= 4 is 29.2 Å². The standard InChI is InChI=1S/C19H19N5S/c20-19-23-17-4-2-1-3-16(17)18(24-19)22-13-5-7-14(8-6-13)25-15-9-11-21-12-10-15/h5-12H,1-4H2,(H3,20,22,23,24). The summed E-state index contributed by atoms with van der Waals surface area (Å²) in [4.78, 5) is 15.2. The van der Waals surface area contributed by atoms with Gasteiger partial charge in [0.1, 0.15) is 5.82 Å². The number of nitrogen functional groups attached to an aromatic ring is 1. The largest absolute Gasteiger partial charge is 0.368 e. The molecule has 0 radical (unpaired) electrons. The van der Waals surface area contributed by atoms with Gasteiger partial charge < -0.3 is 11.1 Å². The molecule has 0 amide bonds. The highest BCUT2D eigenvalue weighted by molar-refractivity contribution is 7.99. The van der Waals surface area contributed by atoms with Crippen LogP contribution >= 0.6 is 11.8 Å². The van der Waals surface area contributed by atoms with Gasteiger partial charge in [0.2, 0.25) is 5.95 Å². The second-order valence-corrected chi connectivity index (χ2v) is 7.14. The van der Waals surface area contributed by atoms with Crippen molar-refractivity contribution in [3.05, 3.63) is 60.0 Å². The molecular formula is C19H19N5S. The maximum atomic E-state index is 5.88. The molecule has 1 aromatic carbocycles. The van der Waals surface area contributed by atoms with Gasteiger partial charge in [-0.15, -0.1) is 0 Å². The van der Waals surface area contributed by atoms with Crippen molar-refractivity contribution in [2.75, 3.05) is 11.1 Å². The Balaban J connectivity index is 1.53. The molecule has 6 heteroatoms. The predicted molar refractivity (Wildman–Crippen MR) is 101 cm³/mol. The molecule has 0 fully saturated rings. The van der Waals surface area contributed by atoms with Crippen LogP contribution in [0.5, 0.6) is 0 Å². The molecule has 1 aliphatic carbocycles. The van der Waals surface area contributed by atoms with E-state index < -0.39 is 0 Å². The summed E-state index contributed by atoms with van der Waals surface area (Å²) in [5.41, 5.74) is 9.17. The Hall–Kier alpha value is -2.60. The topological polar surface area (TPSA) is 76.7 Å². The fraction of sp³-hybridized carbons (Fsp3) is 0.211. The van der Waals surface area contributed by atoms with Gasteiger partial charge in [-0.3, -0.25) is 4.98 Å². The SMILES string of the molecule is Nc1nc2c(c(Nc3ccc(Sc4ccncc4)cc3)n1)CCCC2. The molecule has 4 rings (SSSR count). The minimum Gasteiger partial charge on any atom is -0.368 e. The Labute approximate surface area is 151 Å². The molecule has 0 aliphatic heterocycles. The molecule has 5 nitrogen and oxygen atoms in total. The highest BCUT2D eigenvalue weighted by Crippen LogP contribution is 2.31. The molecule has 2 aromatic heterocycles. The molecule has 0 saturated carbocycles. The summed E-state index contributed by atoms with van der Waals surface area (Å²) >= 11 is 1.71. The van der Waals surface area contributed by atoms with E-state index in [1.54, 1.807) is 24.2 Å². The van der Waals surface area contributed by atoms with E-state index in [0.29, 0.717) is 5.95 Å². The zero-order valence-corrected chi connectivity index (χ0v) is 14.6. The van der Waals surface area contributed by atoms with Crippen LogP contribution in [0.25, 0.3) is 0 Å². The minimum absolute atomic E-state index is 0.341. The Kier molecular flexibility index (Phi) is 4.52. The summed E-state index contributed by atoms with van der Waals surface area (Å²) in [7, 11) is 0. The fourth-order valence-corrected chi connectivity index (χ4v) is 3.80. The highest BCUT2D eigenvalue weighted by Gasteiger charge is 2.17. The van der Waals surface area contributed by atoms with Crippen molar-refractivity contribution < 1.29 is 0 Å². The number of nitrogens with zero attached hydrogens (tertiary/aromatic N) is 3. The highest BCUT2D eigenvalue weighted by atomic mass is 32.2. The first kappa shape index (κ1) is 15.9. The molecule has 0 atom stereocenters. The van der Waals surface area contributed by atoms with Crippen molar-refractivity contribution in [3.63, 3.8) is 0 Å². The number of anilines is 3. The predicted octanol–water partition coefficient (Wildman–Crippen LogP) is 4.23. The van der Waals surface area contributed by atoms with Gasteiger partial charge in [-0.05, 0) is 62.1 Å². The summed E-state index contributed by atoms with van der Waals surface area (Å²) in [6.07, 6.45) is 7.95. The number of rotatable bonds is 4. The third-order valence-corrected chi connectivity index (χ3v) is 5.22. The minimum atomic E-state index is 0.341. The van der Waals surface area contributed by atoms with E-state index in [1.165, 1.54) is 28.2 Å². The van der Waals surface area contributed by atoms with E-state index >= 15 is 0 Å². The molecule has 0 saturated heterocycles. The normalized spacial score (nSPS) is 13.3. The van der Waals surface area contributed by atoms with Crippen LogP contribution in [0.2, 0.25) is 0 Å². The number of benzene rings is 1. The quantitative estimate of drug-likeness (QED) is 0.734. The number of nitrogens with two attached hydrogens (primary N) is 1. The average Bonchev–Trinajstić information content (AvgIpc) is 2.64. The van der Waals surface area contributed by atoms with Gasteiger partial charge >= 0.3 is 0 Å². The number of pyridine rings is 1. The lowest BCUT2D eigenvalue weighted by Crippen LogP contribution is -2.12. The molecule has 0 bridgehead atoms.